The molecular weight excluding hydrogens is 408 g/mol. The van der Waals surface area contributed by atoms with Crippen molar-refractivity contribution in [3.63, 3.8) is 0 Å². The number of nitrogens with one attached hydrogen (secondary N) is 1. The minimum atomic E-state index is -4.45. The van der Waals surface area contributed by atoms with Gasteiger partial charge in [0.05, 0.1) is 11.6 Å². The lowest BCUT2D eigenvalue weighted by Crippen LogP contribution is -2.45. The van der Waals surface area contributed by atoms with Crippen LogP contribution in [0, 0.1) is 0 Å². The maximum Gasteiger partial charge on any atom is 0.416 e. The van der Waals surface area contributed by atoms with Crippen LogP contribution in [0.25, 0.3) is 0 Å². The van der Waals surface area contributed by atoms with E-state index in [4.69, 9.17) is 34.8 Å². The van der Waals surface area contributed by atoms with E-state index in [9.17, 15) is 13.2 Å². The van der Waals surface area contributed by atoms with Crippen LogP contribution in [0.5, 0.6) is 0 Å². The van der Waals surface area contributed by atoms with Gasteiger partial charge in [0.25, 0.3) is 0 Å². The quantitative estimate of drug-likeness (QED) is 0.685. The maximum atomic E-state index is 13.2. The monoisotopic (exact) mass is 422 g/mol. The van der Waals surface area contributed by atoms with Crippen molar-refractivity contribution in [2.75, 3.05) is 26.2 Å². The van der Waals surface area contributed by atoms with E-state index in [1.165, 1.54) is 6.07 Å². The van der Waals surface area contributed by atoms with Gasteiger partial charge in [0.2, 0.25) is 0 Å². The Balaban J connectivity index is 2.14. The van der Waals surface area contributed by atoms with Gasteiger partial charge in [-0.3, -0.25) is 4.90 Å². The van der Waals surface area contributed by atoms with Crippen LogP contribution in [0.3, 0.4) is 0 Å². The fourth-order valence-electron chi connectivity index (χ4n) is 3.15. The van der Waals surface area contributed by atoms with Crippen LogP contribution in [0.2, 0.25) is 15.1 Å². The summed E-state index contributed by atoms with van der Waals surface area (Å²) in [6.07, 6.45) is -4.45. The third-order valence-corrected chi connectivity index (χ3v) is 5.30. The Morgan fingerprint density at radius 1 is 0.885 bits per heavy atom. The van der Waals surface area contributed by atoms with Crippen LogP contribution in [0.4, 0.5) is 13.2 Å². The summed E-state index contributed by atoms with van der Waals surface area (Å²) in [5, 5.41) is 4.37. The molecule has 1 saturated heterocycles. The molecule has 26 heavy (non-hydrogen) atoms. The second kappa shape index (κ2) is 7.95. The Morgan fingerprint density at radius 3 is 2.19 bits per heavy atom. The molecule has 2 nitrogen and oxygen atoms in total. The number of piperazine rings is 1. The second-order valence-electron chi connectivity index (χ2n) is 6.09. The summed E-state index contributed by atoms with van der Waals surface area (Å²) in [4.78, 5) is 2.08. The molecule has 0 radical (unpaired) electrons. The Labute approximate surface area is 164 Å². The molecule has 1 atom stereocenters. The number of rotatable bonds is 3. The largest absolute Gasteiger partial charge is 0.416 e. The third-order valence-electron chi connectivity index (χ3n) is 4.39. The molecule has 8 heteroatoms. The van der Waals surface area contributed by atoms with Gasteiger partial charge >= 0.3 is 6.18 Å². The third kappa shape index (κ3) is 4.29. The molecule has 2 aromatic rings. The first-order chi connectivity index (χ1) is 12.3. The average molecular weight is 424 g/mol. The molecule has 0 amide bonds. The number of alkyl halides is 3. The van der Waals surface area contributed by atoms with Crippen LogP contribution in [-0.4, -0.2) is 31.1 Å². The van der Waals surface area contributed by atoms with Crippen LogP contribution in [0.1, 0.15) is 22.7 Å². The summed E-state index contributed by atoms with van der Waals surface area (Å²) in [6.45, 7) is 2.79. The molecule has 3 rings (SSSR count). The summed E-state index contributed by atoms with van der Waals surface area (Å²) < 4.78 is 39.7. The molecule has 0 aliphatic carbocycles. The van der Waals surface area contributed by atoms with Crippen molar-refractivity contribution in [2.24, 2.45) is 0 Å². The topological polar surface area (TPSA) is 15.3 Å². The SMILES string of the molecule is FC(F)(F)c1ccc(Cl)c(C(c2ccc(Cl)cc2Cl)N2CCNCC2)c1. The summed E-state index contributed by atoms with van der Waals surface area (Å²) in [5.74, 6) is 0. The van der Waals surface area contributed by atoms with E-state index >= 15 is 0 Å². The highest BCUT2D eigenvalue weighted by Gasteiger charge is 2.34. The minimum Gasteiger partial charge on any atom is -0.314 e. The van der Waals surface area contributed by atoms with E-state index in [1.54, 1.807) is 18.2 Å². The molecule has 2 aromatic carbocycles. The maximum absolute atomic E-state index is 13.2. The van der Waals surface area contributed by atoms with E-state index in [0.29, 0.717) is 34.3 Å². The van der Waals surface area contributed by atoms with Crippen molar-refractivity contribution < 1.29 is 13.2 Å². The first kappa shape index (κ1) is 19.8. The lowest BCUT2D eigenvalue weighted by molar-refractivity contribution is -0.137. The van der Waals surface area contributed by atoms with Gasteiger partial charge in [0.15, 0.2) is 0 Å². The predicted octanol–water partition coefficient (Wildman–Crippen LogP) is 5.66. The Bertz CT molecular complexity index is 790. The van der Waals surface area contributed by atoms with E-state index < -0.39 is 17.8 Å². The van der Waals surface area contributed by atoms with Crippen molar-refractivity contribution in [2.45, 2.75) is 12.2 Å². The van der Waals surface area contributed by atoms with Crippen molar-refractivity contribution >= 4 is 34.8 Å². The minimum absolute atomic E-state index is 0.271. The highest BCUT2D eigenvalue weighted by atomic mass is 35.5. The highest BCUT2D eigenvalue weighted by molar-refractivity contribution is 6.35. The first-order valence-corrected chi connectivity index (χ1v) is 9.17. The standard InChI is InChI=1S/C18H16Cl3F3N2/c19-12-2-3-13(16(21)10-12)17(26-7-5-25-6-8-26)14-9-11(18(22,23)24)1-4-15(14)20/h1-4,9-10,17,25H,5-8H2. The van der Waals surface area contributed by atoms with Crippen molar-refractivity contribution in [3.05, 3.63) is 68.2 Å². The molecular formula is C18H16Cl3F3N2. The van der Waals surface area contributed by atoms with Crippen molar-refractivity contribution in [1.82, 2.24) is 10.2 Å². The van der Waals surface area contributed by atoms with Gasteiger partial charge in [-0.1, -0.05) is 40.9 Å². The van der Waals surface area contributed by atoms with E-state index in [0.717, 1.165) is 25.2 Å². The molecule has 140 valence electrons. The van der Waals surface area contributed by atoms with E-state index in [2.05, 4.69) is 10.2 Å². The molecule has 0 aromatic heterocycles. The summed E-state index contributed by atoms with van der Waals surface area (Å²) in [7, 11) is 0. The Morgan fingerprint density at radius 2 is 1.58 bits per heavy atom. The smallest absolute Gasteiger partial charge is 0.314 e. The summed E-state index contributed by atoms with van der Waals surface area (Å²) in [5.41, 5.74) is 0.328. The Hall–Kier alpha value is -0.980. The number of benzene rings is 2. The molecule has 0 spiro atoms. The lowest BCUT2D eigenvalue weighted by Gasteiger charge is -2.36. The molecule has 1 aliphatic heterocycles. The molecule has 0 bridgehead atoms. The highest BCUT2D eigenvalue weighted by Crippen LogP contribution is 2.40. The molecule has 1 unspecified atom stereocenters. The van der Waals surface area contributed by atoms with E-state index in [1.807, 2.05) is 0 Å². The molecule has 1 N–H and O–H groups in total. The van der Waals surface area contributed by atoms with Crippen LogP contribution < -0.4 is 5.32 Å². The predicted molar refractivity (Wildman–Crippen MR) is 99.2 cm³/mol. The Kier molecular flexibility index (Phi) is 6.04. The summed E-state index contributed by atoms with van der Waals surface area (Å²) in [6, 6.07) is 7.92. The van der Waals surface area contributed by atoms with Gasteiger partial charge in [-0.05, 0) is 41.5 Å². The number of hydrogen-bond donors (Lipinski definition) is 1. The zero-order valence-corrected chi connectivity index (χ0v) is 15.9. The summed E-state index contributed by atoms with van der Waals surface area (Å²) >= 11 is 18.7. The zero-order valence-electron chi connectivity index (χ0n) is 13.6. The molecule has 1 aliphatic rings. The van der Waals surface area contributed by atoms with Crippen molar-refractivity contribution in [3.8, 4) is 0 Å². The zero-order chi connectivity index (χ0) is 18.9. The number of nitrogens with zero attached hydrogens (tertiary/aromatic N) is 1. The normalized spacial score (nSPS) is 17.3. The van der Waals surface area contributed by atoms with Gasteiger partial charge in [0.1, 0.15) is 0 Å². The van der Waals surface area contributed by atoms with Gasteiger partial charge in [0, 0.05) is 41.2 Å². The molecule has 0 saturated carbocycles. The van der Waals surface area contributed by atoms with Crippen LogP contribution in [0.15, 0.2) is 36.4 Å². The van der Waals surface area contributed by atoms with Gasteiger partial charge < -0.3 is 5.32 Å². The van der Waals surface area contributed by atoms with Crippen LogP contribution >= 0.6 is 34.8 Å². The second-order valence-corrected chi connectivity index (χ2v) is 7.34. The number of halogens is 6. The fourth-order valence-corrected chi connectivity index (χ4v) is 3.89. The van der Waals surface area contributed by atoms with E-state index in [-0.39, 0.29) is 5.02 Å². The molecule has 1 heterocycles. The average Bonchev–Trinajstić information content (AvgIpc) is 2.58. The van der Waals surface area contributed by atoms with Crippen LogP contribution in [-0.2, 0) is 6.18 Å². The first-order valence-electron chi connectivity index (χ1n) is 8.04. The fraction of sp³-hybridized carbons (Fsp3) is 0.333. The van der Waals surface area contributed by atoms with Gasteiger partial charge in [-0.25, -0.2) is 0 Å². The lowest BCUT2D eigenvalue weighted by atomic mass is 9.94. The van der Waals surface area contributed by atoms with Gasteiger partial charge in [-0.15, -0.1) is 0 Å². The molecule has 1 fully saturated rings. The van der Waals surface area contributed by atoms with Gasteiger partial charge in [-0.2, -0.15) is 13.2 Å². The van der Waals surface area contributed by atoms with Crippen molar-refractivity contribution in [1.29, 1.82) is 0 Å². The number of hydrogen-bond acceptors (Lipinski definition) is 2.